The Kier molecular flexibility index (Phi) is 6.55. The molecule has 0 fully saturated rings. The van der Waals surface area contributed by atoms with E-state index in [1.54, 1.807) is 18.2 Å². The number of nitrogens with one attached hydrogen (secondary N) is 1. The van der Waals surface area contributed by atoms with Crippen LogP contribution in [0.2, 0.25) is 0 Å². The van der Waals surface area contributed by atoms with Gasteiger partial charge in [0.2, 0.25) is 11.5 Å². The molecule has 1 unspecified atom stereocenters. The van der Waals surface area contributed by atoms with Crippen LogP contribution in [0.25, 0.3) is 0 Å². The predicted molar refractivity (Wildman–Crippen MR) is 94.0 cm³/mol. The van der Waals surface area contributed by atoms with Gasteiger partial charge >= 0.3 is 6.18 Å². The topological polar surface area (TPSA) is 85.6 Å². The van der Waals surface area contributed by atoms with E-state index in [2.05, 4.69) is 10.3 Å². The highest BCUT2D eigenvalue weighted by atomic mass is 19.4. The second-order valence-corrected chi connectivity index (χ2v) is 6.19. The molecule has 28 heavy (non-hydrogen) atoms. The van der Waals surface area contributed by atoms with Crippen LogP contribution in [0.4, 0.5) is 13.2 Å². The highest BCUT2D eigenvalue weighted by Crippen LogP contribution is 2.40. The zero-order valence-electron chi connectivity index (χ0n) is 15.7. The molecule has 1 amide bonds. The number of aryl methyl sites for hydroxylation is 1. The molecule has 1 atom stereocenters. The first-order valence-corrected chi connectivity index (χ1v) is 8.37. The summed E-state index contributed by atoms with van der Waals surface area (Å²) in [6, 6.07) is 5.16. The number of amides is 1. The smallest absolute Gasteiger partial charge is 0.425 e. The van der Waals surface area contributed by atoms with Crippen LogP contribution >= 0.6 is 0 Å². The van der Waals surface area contributed by atoms with Crippen LogP contribution < -0.4 is 14.8 Å². The average molecular weight is 401 g/mol. The molecule has 0 radical (unpaired) electrons. The first-order chi connectivity index (χ1) is 13.1. The number of rotatable bonds is 8. The number of hydrogen-bond acceptors (Lipinski definition) is 5. The van der Waals surface area contributed by atoms with Crippen molar-refractivity contribution in [3.63, 3.8) is 0 Å². The zero-order valence-corrected chi connectivity index (χ0v) is 15.7. The molecule has 1 aromatic carbocycles. The van der Waals surface area contributed by atoms with Gasteiger partial charge in [-0.3, -0.25) is 4.79 Å². The van der Waals surface area contributed by atoms with Crippen LogP contribution in [0.1, 0.15) is 17.8 Å². The number of aromatic nitrogens is 2. The normalized spacial score (nSPS) is 13.7. The van der Waals surface area contributed by atoms with Gasteiger partial charge in [0.05, 0.1) is 20.6 Å². The van der Waals surface area contributed by atoms with E-state index in [1.165, 1.54) is 27.5 Å². The lowest BCUT2D eigenvalue weighted by Gasteiger charge is -2.29. The number of nitrogens with zero attached hydrogens (tertiary/aromatic N) is 2. The third kappa shape index (κ3) is 4.56. The van der Waals surface area contributed by atoms with Gasteiger partial charge < -0.3 is 24.5 Å². The zero-order chi connectivity index (χ0) is 20.9. The molecular formula is C18H22F3N3O4. The lowest BCUT2D eigenvalue weighted by molar-refractivity contribution is -0.271. The fraction of sp³-hybridized carbons (Fsp3) is 0.444. The average Bonchev–Trinajstić information content (AvgIpc) is 3.07. The third-order valence-electron chi connectivity index (χ3n) is 4.26. The van der Waals surface area contributed by atoms with Crippen LogP contribution in [0.15, 0.2) is 30.6 Å². The van der Waals surface area contributed by atoms with Gasteiger partial charge in [-0.05, 0) is 24.1 Å². The van der Waals surface area contributed by atoms with Crippen molar-refractivity contribution >= 4 is 5.91 Å². The summed E-state index contributed by atoms with van der Waals surface area (Å²) in [5.41, 5.74) is -2.58. The number of halogens is 3. The van der Waals surface area contributed by atoms with Gasteiger partial charge in [0, 0.05) is 26.0 Å². The van der Waals surface area contributed by atoms with Crippen molar-refractivity contribution in [3.05, 3.63) is 42.0 Å². The first-order valence-electron chi connectivity index (χ1n) is 8.37. The Morgan fingerprint density at radius 1 is 1.25 bits per heavy atom. The van der Waals surface area contributed by atoms with Gasteiger partial charge in [0.1, 0.15) is 0 Å². The van der Waals surface area contributed by atoms with Crippen molar-refractivity contribution in [1.29, 1.82) is 0 Å². The van der Waals surface area contributed by atoms with Gasteiger partial charge in [0.25, 0.3) is 0 Å². The Bertz CT molecular complexity index is 823. The van der Waals surface area contributed by atoms with E-state index in [1.807, 2.05) is 0 Å². The largest absolute Gasteiger partial charge is 0.493 e. The second kappa shape index (κ2) is 8.51. The minimum atomic E-state index is -5.06. The maximum Gasteiger partial charge on any atom is 0.425 e. The monoisotopic (exact) mass is 401 g/mol. The molecule has 0 aliphatic rings. The summed E-state index contributed by atoms with van der Waals surface area (Å²) in [5, 5.41) is 12.6. The van der Waals surface area contributed by atoms with E-state index < -0.39 is 29.9 Å². The highest BCUT2D eigenvalue weighted by Gasteiger charge is 2.58. The van der Waals surface area contributed by atoms with Gasteiger partial charge in [0.15, 0.2) is 17.3 Å². The molecule has 0 bridgehead atoms. The summed E-state index contributed by atoms with van der Waals surface area (Å²) in [7, 11) is 4.30. The van der Waals surface area contributed by atoms with E-state index >= 15 is 0 Å². The molecule has 0 aliphatic carbocycles. The van der Waals surface area contributed by atoms with Crippen molar-refractivity contribution in [2.24, 2.45) is 7.05 Å². The van der Waals surface area contributed by atoms with E-state index in [4.69, 9.17) is 9.47 Å². The second-order valence-electron chi connectivity index (χ2n) is 6.19. The molecule has 0 spiro atoms. The van der Waals surface area contributed by atoms with Crippen molar-refractivity contribution in [2.45, 2.75) is 24.6 Å². The van der Waals surface area contributed by atoms with E-state index in [0.717, 1.165) is 16.3 Å². The molecule has 2 aromatic rings. The predicted octanol–water partition coefficient (Wildman–Crippen LogP) is 1.94. The fourth-order valence-electron chi connectivity index (χ4n) is 2.75. The Morgan fingerprint density at radius 3 is 2.46 bits per heavy atom. The van der Waals surface area contributed by atoms with Gasteiger partial charge in [-0.2, -0.15) is 13.2 Å². The summed E-state index contributed by atoms with van der Waals surface area (Å²) >= 11 is 0. The molecule has 2 N–H and O–H groups in total. The van der Waals surface area contributed by atoms with Crippen LogP contribution in [-0.2, 0) is 23.9 Å². The molecule has 0 saturated carbocycles. The van der Waals surface area contributed by atoms with Gasteiger partial charge in [-0.25, -0.2) is 4.98 Å². The summed E-state index contributed by atoms with van der Waals surface area (Å²) in [4.78, 5) is 15.6. The van der Waals surface area contributed by atoms with Crippen LogP contribution in [0.3, 0.4) is 0 Å². The minimum Gasteiger partial charge on any atom is -0.493 e. The number of aliphatic hydroxyl groups is 1. The molecule has 154 valence electrons. The molecule has 1 aromatic heterocycles. The lowest BCUT2D eigenvalue weighted by Crippen LogP contribution is -2.48. The van der Waals surface area contributed by atoms with E-state index in [-0.39, 0.29) is 6.54 Å². The number of imidazole rings is 1. The summed E-state index contributed by atoms with van der Waals surface area (Å²) in [5.74, 6) is -0.536. The number of ether oxygens (including phenoxy) is 2. The van der Waals surface area contributed by atoms with Crippen molar-refractivity contribution < 1.29 is 32.5 Å². The summed E-state index contributed by atoms with van der Waals surface area (Å²) < 4.78 is 51.7. The Labute approximate surface area is 160 Å². The van der Waals surface area contributed by atoms with Crippen molar-refractivity contribution in [1.82, 2.24) is 14.9 Å². The fourth-order valence-corrected chi connectivity index (χ4v) is 2.75. The first kappa shape index (κ1) is 21.5. The van der Waals surface area contributed by atoms with Crippen molar-refractivity contribution in [3.8, 4) is 11.5 Å². The van der Waals surface area contributed by atoms with E-state index in [0.29, 0.717) is 17.9 Å². The molecule has 7 nitrogen and oxygen atoms in total. The Hall–Kier alpha value is -2.75. The van der Waals surface area contributed by atoms with Gasteiger partial charge in [-0.15, -0.1) is 0 Å². The molecule has 10 heteroatoms. The molecule has 2 rings (SSSR count). The quantitative estimate of drug-likeness (QED) is 0.706. The minimum absolute atomic E-state index is 0.0861. The molecular weight excluding hydrogens is 379 g/mol. The molecule has 1 heterocycles. The van der Waals surface area contributed by atoms with Crippen LogP contribution in [-0.4, -0.2) is 47.5 Å². The molecule has 0 aliphatic heterocycles. The maximum atomic E-state index is 13.4. The number of carbonyl (C=O) groups is 1. The highest BCUT2D eigenvalue weighted by molar-refractivity contribution is 5.77. The summed E-state index contributed by atoms with van der Waals surface area (Å²) in [6.07, 6.45) is -3.50. The van der Waals surface area contributed by atoms with Crippen LogP contribution in [0.5, 0.6) is 11.5 Å². The van der Waals surface area contributed by atoms with Crippen LogP contribution in [0, 0.1) is 0 Å². The number of hydrogen-bond donors (Lipinski definition) is 2. The number of benzene rings is 1. The Balaban J connectivity index is 2.02. The standard InChI is InChI=1S/C18H22F3N3O4/c1-24-9-8-23-16(24)17(26,18(19,20)21)11-15(25)22-7-6-12-4-5-13(27-2)14(10-12)28-3/h4-5,8-10,26H,6-7,11H2,1-3H3,(H,22,25). The Morgan fingerprint density at radius 2 is 1.93 bits per heavy atom. The van der Waals surface area contributed by atoms with Gasteiger partial charge in [-0.1, -0.05) is 6.07 Å². The lowest BCUT2D eigenvalue weighted by atomic mass is 9.97. The third-order valence-corrected chi connectivity index (χ3v) is 4.26. The van der Waals surface area contributed by atoms with Crippen molar-refractivity contribution in [2.75, 3.05) is 20.8 Å². The molecule has 0 saturated heterocycles. The summed E-state index contributed by atoms with van der Waals surface area (Å²) in [6.45, 7) is 0.0861. The number of methoxy groups -OCH3 is 2. The van der Waals surface area contributed by atoms with E-state index in [9.17, 15) is 23.1 Å². The number of carbonyl (C=O) groups excluding carboxylic acids is 1. The number of alkyl halides is 3. The SMILES string of the molecule is COc1ccc(CCNC(=O)CC(O)(c2nccn2C)C(F)(F)F)cc1OC. The maximum absolute atomic E-state index is 13.4.